The third-order valence-electron chi connectivity index (χ3n) is 2.28. The summed E-state index contributed by atoms with van der Waals surface area (Å²) in [6, 6.07) is 2.01. The first-order valence-corrected chi connectivity index (χ1v) is 7.30. The summed E-state index contributed by atoms with van der Waals surface area (Å²) >= 11 is 2.91. The first kappa shape index (κ1) is 13.0. The fraction of sp³-hybridized carbons (Fsp3) is 0.364. The number of nitrogens with zero attached hydrogens (tertiary/aromatic N) is 3. The highest BCUT2D eigenvalue weighted by Gasteiger charge is 2.17. The number of carbonyl (C=O) groups excluding carboxylic acids is 1. The minimum Gasteiger partial charge on any atom is -0.360 e. The van der Waals surface area contributed by atoms with Crippen LogP contribution in [0.2, 0.25) is 0 Å². The molecular formula is C11H14N4OS2. The van der Waals surface area contributed by atoms with Gasteiger partial charge in [0.25, 0.3) is 5.91 Å². The van der Waals surface area contributed by atoms with Crippen molar-refractivity contribution in [3.63, 3.8) is 0 Å². The maximum atomic E-state index is 12.1. The van der Waals surface area contributed by atoms with Gasteiger partial charge >= 0.3 is 0 Å². The largest absolute Gasteiger partial charge is 0.360 e. The number of hydrogen-bond acceptors (Lipinski definition) is 6. The van der Waals surface area contributed by atoms with Crippen LogP contribution in [0.4, 0.5) is 5.13 Å². The molecule has 0 aliphatic heterocycles. The van der Waals surface area contributed by atoms with E-state index in [0.29, 0.717) is 16.7 Å². The maximum Gasteiger partial charge on any atom is 0.284 e. The van der Waals surface area contributed by atoms with Crippen LogP contribution in [0.5, 0.6) is 0 Å². The topological polar surface area (TPSA) is 58.1 Å². The SMILES string of the molecule is CCNc1nnc(C(=O)N(C)Cc2ccsc2)s1. The molecule has 1 amide bonds. The average Bonchev–Trinajstić information content (AvgIpc) is 3.00. The van der Waals surface area contributed by atoms with Crippen LogP contribution in [-0.2, 0) is 6.54 Å². The van der Waals surface area contributed by atoms with E-state index >= 15 is 0 Å². The summed E-state index contributed by atoms with van der Waals surface area (Å²) in [6.07, 6.45) is 0. The zero-order valence-corrected chi connectivity index (χ0v) is 11.8. The first-order valence-electron chi connectivity index (χ1n) is 5.54. The van der Waals surface area contributed by atoms with Crippen molar-refractivity contribution in [2.45, 2.75) is 13.5 Å². The van der Waals surface area contributed by atoms with Crippen molar-refractivity contribution in [1.29, 1.82) is 0 Å². The van der Waals surface area contributed by atoms with E-state index in [2.05, 4.69) is 15.5 Å². The molecule has 96 valence electrons. The number of carbonyl (C=O) groups is 1. The second kappa shape index (κ2) is 5.92. The van der Waals surface area contributed by atoms with Crippen LogP contribution < -0.4 is 5.32 Å². The Hall–Kier alpha value is -1.47. The monoisotopic (exact) mass is 282 g/mol. The molecule has 0 aliphatic rings. The van der Waals surface area contributed by atoms with Crippen molar-refractivity contribution >= 4 is 33.7 Å². The van der Waals surface area contributed by atoms with Gasteiger partial charge in [-0.25, -0.2) is 0 Å². The predicted octanol–water partition coefficient (Wildman–Crippen LogP) is 2.30. The van der Waals surface area contributed by atoms with E-state index in [-0.39, 0.29) is 5.91 Å². The highest BCUT2D eigenvalue weighted by atomic mass is 32.1. The molecular weight excluding hydrogens is 268 g/mol. The van der Waals surface area contributed by atoms with E-state index in [1.165, 1.54) is 11.3 Å². The molecule has 0 aromatic carbocycles. The molecule has 0 saturated carbocycles. The Kier molecular flexibility index (Phi) is 4.27. The molecule has 2 heterocycles. The quantitative estimate of drug-likeness (QED) is 0.914. The molecule has 0 aliphatic carbocycles. The standard InChI is InChI=1S/C11H14N4OS2/c1-3-12-11-14-13-9(18-11)10(16)15(2)6-8-4-5-17-7-8/h4-5,7H,3,6H2,1-2H3,(H,12,14). The van der Waals surface area contributed by atoms with Gasteiger partial charge in [0, 0.05) is 20.1 Å². The molecule has 7 heteroatoms. The van der Waals surface area contributed by atoms with Crippen molar-refractivity contribution in [3.05, 3.63) is 27.4 Å². The minimum absolute atomic E-state index is 0.0946. The third kappa shape index (κ3) is 3.05. The van der Waals surface area contributed by atoms with E-state index in [0.717, 1.165) is 12.1 Å². The van der Waals surface area contributed by atoms with Crippen LogP contribution in [0.15, 0.2) is 16.8 Å². The van der Waals surface area contributed by atoms with Crippen molar-refractivity contribution in [2.24, 2.45) is 0 Å². The number of anilines is 1. The molecule has 1 N–H and O–H groups in total. The Balaban J connectivity index is 2.01. The molecule has 0 saturated heterocycles. The summed E-state index contributed by atoms with van der Waals surface area (Å²) in [5, 5.41) is 16.0. The van der Waals surface area contributed by atoms with Gasteiger partial charge in [0.1, 0.15) is 0 Å². The normalized spacial score (nSPS) is 10.3. The average molecular weight is 282 g/mol. The van der Waals surface area contributed by atoms with E-state index < -0.39 is 0 Å². The van der Waals surface area contributed by atoms with Crippen molar-refractivity contribution in [2.75, 3.05) is 18.9 Å². The van der Waals surface area contributed by atoms with Gasteiger partial charge in [-0.15, -0.1) is 10.2 Å². The molecule has 2 aromatic rings. The summed E-state index contributed by atoms with van der Waals surface area (Å²) in [6.45, 7) is 3.34. The van der Waals surface area contributed by atoms with E-state index in [1.807, 2.05) is 23.8 Å². The van der Waals surface area contributed by atoms with Gasteiger partial charge in [0.15, 0.2) is 0 Å². The number of rotatable bonds is 5. The lowest BCUT2D eigenvalue weighted by molar-refractivity contribution is 0.0784. The highest BCUT2D eigenvalue weighted by Crippen LogP contribution is 2.17. The maximum absolute atomic E-state index is 12.1. The lowest BCUT2D eigenvalue weighted by Crippen LogP contribution is -2.25. The van der Waals surface area contributed by atoms with Crippen LogP contribution >= 0.6 is 22.7 Å². The van der Waals surface area contributed by atoms with Crippen LogP contribution in [0, 0.1) is 0 Å². The summed E-state index contributed by atoms with van der Waals surface area (Å²) in [7, 11) is 1.77. The molecule has 0 atom stereocenters. The van der Waals surface area contributed by atoms with E-state index in [4.69, 9.17) is 0 Å². The Morgan fingerprint density at radius 3 is 3.00 bits per heavy atom. The zero-order chi connectivity index (χ0) is 13.0. The van der Waals surface area contributed by atoms with Crippen molar-refractivity contribution < 1.29 is 4.79 Å². The molecule has 0 unspecified atom stereocenters. The Labute approximate surface area is 113 Å². The predicted molar refractivity (Wildman–Crippen MR) is 74.2 cm³/mol. The summed E-state index contributed by atoms with van der Waals surface area (Å²) in [4.78, 5) is 13.7. The lowest BCUT2D eigenvalue weighted by atomic mass is 10.3. The number of nitrogens with one attached hydrogen (secondary N) is 1. The summed E-state index contributed by atoms with van der Waals surface area (Å²) in [5.41, 5.74) is 1.13. The Bertz CT molecular complexity index is 509. The number of amides is 1. The van der Waals surface area contributed by atoms with Crippen molar-refractivity contribution in [1.82, 2.24) is 15.1 Å². The highest BCUT2D eigenvalue weighted by molar-refractivity contribution is 7.17. The Morgan fingerprint density at radius 1 is 1.50 bits per heavy atom. The fourth-order valence-electron chi connectivity index (χ4n) is 1.42. The molecule has 5 nitrogen and oxygen atoms in total. The second-order valence-corrected chi connectivity index (χ2v) is 5.49. The van der Waals surface area contributed by atoms with Gasteiger partial charge in [0.2, 0.25) is 10.1 Å². The fourth-order valence-corrected chi connectivity index (χ4v) is 2.89. The van der Waals surface area contributed by atoms with Gasteiger partial charge in [0.05, 0.1) is 0 Å². The second-order valence-electron chi connectivity index (χ2n) is 3.74. The van der Waals surface area contributed by atoms with E-state index in [9.17, 15) is 4.79 Å². The first-order chi connectivity index (χ1) is 8.70. The molecule has 0 spiro atoms. The van der Waals surface area contributed by atoms with Gasteiger partial charge < -0.3 is 10.2 Å². The molecule has 2 rings (SSSR count). The molecule has 18 heavy (non-hydrogen) atoms. The molecule has 2 aromatic heterocycles. The molecule has 0 radical (unpaired) electrons. The van der Waals surface area contributed by atoms with Gasteiger partial charge in [-0.05, 0) is 29.3 Å². The number of thiophene rings is 1. The van der Waals surface area contributed by atoms with Crippen LogP contribution in [0.25, 0.3) is 0 Å². The van der Waals surface area contributed by atoms with Crippen molar-refractivity contribution in [3.8, 4) is 0 Å². The smallest absolute Gasteiger partial charge is 0.284 e. The summed E-state index contributed by atoms with van der Waals surface area (Å²) < 4.78 is 0. The lowest BCUT2D eigenvalue weighted by Gasteiger charge is -2.14. The van der Waals surface area contributed by atoms with Gasteiger partial charge in [-0.3, -0.25) is 4.79 Å². The van der Waals surface area contributed by atoms with Crippen LogP contribution in [-0.4, -0.2) is 34.6 Å². The minimum atomic E-state index is -0.0946. The molecule has 0 bridgehead atoms. The Morgan fingerprint density at radius 2 is 2.33 bits per heavy atom. The number of aromatic nitrogens is 2. The number of hydrogen-bond donors (Lipinski definition) is 1. The molecule has 0 fully saturated rings. The zero-order valence-electron chi connectivity index (χ0n) is 10.2. The third-order valence-corrected chi connectivity index (χ3v) is 3.88. The van der Waals surface area contributed by atoms with E-state index in [1.54, 1.807) is 23.3 Å². The van der Waals surface area contributed by atoms with Crippen LogP contribution in [0.3, 0.4) is 0 Å². The van der Waals surface area contributed by atoms with Gasteiger partial charge in [-0.1, -0.05) is 11.3 Å². The summed E-state index contributed by atoms with van der Waals surface area (Å²) in [5.74, 6) is -0.0946. The van der Waals surface area contributed by atoms with Crippen LogP contribution in [0.1, 0.15) is 22.3 Å². The van der Waals surface area contributed by atoms with Gasteiger partial charge in [-0.2, -0.15) is 11.3 Å².